The quantitative estimate of drug-likeness (QED) is 0.613. The zero-order chi connectivity index (χ0) is 19.7. The number of hydrogen-bond donors (Lipinski definition) is 0. The van der Waals surface area contributed by atoms with Crippen LogP contribution in [0.4, 0.5) is 0 Å². The molecule has 3 rings (SSSR count). The molecule has 0 atom stereocenters. The fourth-order valence-electron chi connectivity index (χ4n) is 3.67. The lowest BCUT2D eigenvalue weighted by atomic mass is 10.0. The van der Waals surface area contributed by atoms with E-state index in [1.54, 1.807) is 17.9 Å². The minimum Gasteiger partial charge on any atom is -0.465 e. The van der Waals surface area contributed by atoms with Crippen LogP contribution in [0.15, 0.2) is 53.2 Å². The number of nitrogens with zero attached hydrogens (tertiary/aromatic N) is 2. The molecule has 1 amide bonds. The van der Waals surface area contributed by atoms with Crippen LogP contribution in [0.5, 0.6) is 0 Å². The topological polar surface area (TPSA) is 51.5 Å². The Balaban J connectivity index is 2.14. The predicted octanol–water partition coefficient (Wildman–Crippen LogP) is 3.79. The molecule has 1 aromatic carbocycles. The molecular formula is C22H24N2O3. The van der Waals surface area contributed by atoms with Gasteiger partial charge in [-0.2, -0.15) is 0 Å². The van der Waals surface area contributed by atoms with E-state index >= 15 is 0 Å². The highest BCUT2D eigenvalue weighted by Crippen LogP contribution is 2.32. The number of para-hydroxylation sites is 1. The summed E-state index contributed by atoms with van der Waals surface area (Å²) in [5, 5.41) is 0. The Morgan fingerprint density at radius 2 is 1.81 bits per heavy atom. The second-order valence-corrected chi connectivity index (χ2v) is 6.56. The van der Waals surface area contributed by atoms with Crippen LogP contribution < -0.4 is 0 Å². The van der Waals surface area contributed by atoms with Crippen molar-refractivity contribution in [1.29, 1.82) is 0 Å². The molecule has 0 saturated heterocycles. The van der Waals surface area contributed by atoms with Crippen molar-refractivity contribution in [2.45, 2.75) is 27.7 Å². The van der Waals surface area contributed by atoms with E-state index < -0.39 is 5.97 Å². The molecule has 0 spiro atoms. The third-order valence-electron chi connectivity index (χ3n) is 5.00. The fourth-order valence-corrected chi connectivity index (χ4v) is 3.67. The third kappa shape index (κ3) is 3.10. The monoisotopic (exact) mass is 364 g/mol. The molecule has 140 valence electrons. The van der Waals surface area contributed by atoms with Crippen molar-refractivity contribution in [3.8, 4) is 5.69 Å². The molecule has 5 nitrogen and oxygen atoms in total. The average molecular weight is 364 g/mol. The Morgan fingerprint density at radius 1 is 1.15 bits per heavy atom. The molecule has 0 bridgehead atoms. The van der Waals surface area contributed by atoms with E-state index in [0.717, 1.165) is 22.6 Å². The van der Waals surface area contributed by atoms with E-state index in [-0.39, 0.29) is 5.91 Å². The lowest BCUT2D eigenvalue weighted by Gasteiger charge is -2.14. The number of aromatic nitrogens is 1. The van der Waals surface area contributed by atoms with Crippen LogP contribution in [-0.4, -0.2) is 35.0 Å². The summed E-state index contributed by atoms with van der Waals surface area (Å²) < 4.78 is 7.06. The van der Waals surface area contributed by atoms with Crippen molar-refractivity contribution in [3.05, 3.63) is 70.2 Å². The SMILES string of the molecule is CCN1C(=O)/C(=C\c2cc(C)n(-c3ccccc3)c2C)C(C(=O)OC)=C1C. The molecule has 5 heteroatoms. The molecule has 1 aliphatic heterocycles. The lowest BCUT2D eigenvalue weighted by Crippen LogP contribution is -2.24. The molecule has 0 aliphatic carbocycles. The van der Waals surface area contributed by atoms with E-state index in [1.807, 2.05) is 57.2 Å². The van der Waals surface area contributed by atoms with E-state index in [2.05, 4.69) is 4.57 Å². The van der Waals surface area contributed by atoms with E-state index in [1.165, 1.54) is 7.11 Å². The summed E-state index contributed by atoms with van der Waals surface area (Å²) in [6.45, 7) is 8.21. The number of methoxy groups -OCH3 is 1. The van der Waals surface area contributed by atoms with E-state index in [9.17, 15) is 9.59 Å². The van der Waals surface area contributed by atoms with Gasteiger partial charge in [0.15, 0.2) is 0 Å². The number of carbonyl (C=O) groups excluding carboxylic acids is 2. The van der Waals surface area contributed by atoms with Crippen LogP contribution in [0.1, 0.15) is 30.8 Å². The van der Waals surface area contributed by atoms with Crippen LogP contribution in [0.25, 0.3) is 11.8 Å². The predicted molar refractivity (Wildman–Crippen MR) is 105 cm³/mol. The van der Waals surface area contributed by atoms with Crippen molar-refractivity contribution in [2.75, 3.05) is 13.7 Å². The summed E-state index contributed by atoms with van der Waals surface area (Å²) in [4.78, 5) is 26.8. The van der Waals surface area contributed by atoms with Gasteiger partial charge in [0.05, 0.1) is 18.3 Å². The van der Waals surface area contributed by atoms with Crippen LogP contribution in [-0.2, 0) is 14.3 Å². The van der Waals surface area contributed by atoms with Gasteiger partial charge in [-0.15, -0.1) is 0 Å². The number of hydrogen-bond acceptors (Lipinski definition) is 3. The minimum absolute atomic E-state index is 0.167. The Kier molecular flexibility index (Phi) is 5.04. The zero-order valence-corrected chi connectivity index (χ0v) is 16.4. The summed E-state index contributed by atoms with van der Waals surface area (Å²) in [5.41, 5.74) is 5.40. The first-order valence-corrected chi connectivity index (χ1v) is 8.98. The number of benzene rings is 1. The van der Waals surface area contributed by atoms with Crippen molar-refractivity contribution in [3.63, 3.8) is 0 Å². The van der Waals surface area contributed by atoms with Crippen LogP contribution in [0.2, 0.25) is 0 Å². The summed E-state index contributed by atoms with van der Waals surface area (Å²) in [5.74, 6) is -0.653. The van der Waals surface area contributed by atoms with Gasteiger partial charge in [0.2, 0.25) is 0 Å². The Bertz CT molecular complexity index is 965. The highest BCUT2D eigenvalue weighted by molar-refractivity contribution is 6.16. The molecule has 2 aromatic rings. The normalized spacial score (nSPS) is 15.8. The maximum Gasteiger partial charge on any atom is 0.340 e. The van der Waals surface area contributed by atoms with E-state index in [4.69, 9.17) is 4.74 Å². The van der Waals surface area contributed by atoms with Gasteiger partial charge in [-0.25, -0.2) is 4.79 Å². The number of amides is 1. The van der Waals surface area contributed by atoms with Crippen molar-refractivity contribution >= 4 is 18.0 Å². The molecule has 0 unspecified atom stereocenters. The zero-order valence-electron chi connectivity index (χ0n) is 16.4. The van der Waals surface area contributed by atoms with Gasteiger partial charge < -0.3 is 14.2 Å². The number of rotatable bonds is 4. The maximum absolute atomic E-state index is 12.9. The van der Waals surface area contributed by atoms with Crippen LogP contribution in [0, 0.1) is 13.8 Å². The number of carbonyl (C=O) groups is 2. The summed E-state index contributed by atoms with van der Waals surface area (Å²) in [6.07, 6.45) is 1.80. The molecule has 27 heavy (non-hydrogen) atoms. The first-order valence-electron chi connectivity index (χ1n) is 8.98. The highest BCUT2D eigenvalue weighted by Gasteiger charge is 2.36. The molecule has 1 aliphatic rings. The number of esters is 1. The second kappa shape index (κ2) is 7.27. The van der Waals surface area contributed by atoms with Crippen LogP contribution in [0.3, 0.4) is 0 Å². The Labute approximate surface area is 159 Å². The minimum atomic E-state index is -0.486. The molecule has 0 N–H and O–H groups in total. The van der Waals surface area contributed by atoms with Gasteiger partial charge in [0.1, 0.15) is 0 Å². The number of ether oxygens (including phenoxy) is 1. The van der Waals surface area contributed by atoms with Crippen molar-refractivity contribution in [2.24, 2.45) is 0 Å². The van der Waals surface area contributed by atoms with Gasteiger partial charge in [-0.1, -0.05) is 18.2 Å². The molecule has 2 heterocycles. The Hall–Kier alpha value is -3.08. The lowest BCUT2D eigenvalue weighted by molar-refractivity contribution is -0.136. The van der Waals surface area contributed by atoms with Crippen molar-refractivity contribution < 1.29 is 14.3 Å². The van der Waals surface area contributed by atoms with Gasteiger partial charge in [-0.05, 0) is 57.5 Å². The molecule has 0 radical (unpaired) electrons. The Morgan fingerprint density at radius 3 is 2.41 bits per heavy atom. The average Bonchev–Trinajstić information content (AvgIpc) is 3.07. The fraction of sp³-hybridized carbons (Fsp3) is 0.273. The summed E-state index contributed by atoms with van der Waals surface area (Å²) in [6, 6.07) is 12.1. The van der Waals surface area contributed by atoms with Gasteiger partial charge in [0.25, 0.3) is 5.91 Å². The largest absolute Gasteiger partial charge is 0.465 e. The molecule has 0 saturated carbocycles. The molecule has 1 aromatic heterocycles. The molecular weight excluding hydrogens is 340 g/mol. The number of aryl methyl sites for hydroxylation is 1. The number of allylic oxidation sites excluding steroid dienone is 1. The second-order valence-electron chi connectivity index (χ2n) is 6.56. The standard InChI is InChI=1S/C22H24N2O3/c1-6-23-16(4)20(22(26)27-5)19(21(23)25)13-17-12-14(2)24(15(17)3)18-10-8-7-9-11-18/h7-13H,6H2,1-5H3/b19-13-. The van der Waals surface area contributed by atoms with E-state index in [0.29, 0.717) is 23.4 Å². The first-order chi connectivity index (χ1) is 12.9. The van der Waals surface area contributed by atoms with Crippen LogP contribution >= 0.6 is 0 Å². The van der Waals surface area contributed by atoms with Gasteiger partial charge >= 0.3 is 5.97 Å². The highest BCUT2D eigenvalue weighted by atomic mass is 16.5. The smallest absolute Gasteiger partial charge is 0.340 e. The maximum atomic E-state index is 12.9. The summed E-state index contributed by atoms with van der Waals surface area (Å²) in [7, 11) is 1.33. The third-order valence-corrected chi connectivity index (χ3v) is 5.00. The summed E-state index contributed by atoms with van der Waals surface area (Å²) >= 11 is 0. The van der Waals surface area contributed by atoms with Gasteiger partial charge in [-0.3, -0.25) is 4.79 Å². The first kappa shape index (κ1) is 18.7. The number of likely N-dealkylation sites (N-methyl/N-ethyl adjacent to an activating group) is 1. The molecule has 0 fully saturated rings. The van der Waals surface area contributed by atoms with Gasteiger partial charge in [0, 0.05) is 29.3 Å². The van der Waals surface area contributed by atoms with Crippen molar-refractivity contribution in [1.82, 2.24) is 9.47 Å².